The normalized spacial score (nSPS) is 16.1. The zero-order chi connectivity index (χ0) is 10.5. The third kappa shape index (κ3) is 2.49. The van der Waals surface area contributed by atoms with Crippen molar-refractivity contribution < 1.29 is 4.79 Å². The molecule has 0 aliphatic carbocycles. The second-order valence-electron chi connectivity index (χ2n) is 3.86. The first-order chi connectivity index (χ1) is 7.40. The zero-order valence-corrected chi connectivity index (χ0v) is 8.78. The van der Waals surface area contributed by atoms with Crippen LogP contribution < -0.4 is 10.2 Å². The summed E-state index contributed by atoms with van der Waals surface area (Å²) < 4.78 is 0. The van der Waals surface area contributed by atoms with Gasteiger partial charge in [-0.05, 0) is 37.5 Å². The minimum absolute atomic E-state index is 0.718. The summed E-state index contributed by atoms with van der Waals surface area (Å²) in [6.07, 6.45) is 4.59. The first-order valence-corrected chi connectivity index (χ1v) is 5.45. The lowest BCUT2D eigenvalue weighted by atomic mass is 10.1. The van der Waals surface area contributed by atoms with E-state index in [9.17, 15) is 4.79 Å². The standard InChI is InChI=1S/C12H16N2O/c15-10-13-11-5-4-6-12(9-11)14-7-2-1-3-8-14/h4-6,9-10H,1-3,7-8H2,(H,13,15). The average Bonchev–Trinajstić information content (AvgIpc) is 2.31. The van der Waals surface area contributed by atoms with Crippen molar-refractivity contribution >= 4 is 17.8 Å². The molecule has 15 heavy (non-hydrogen) atoms. The molecule has 1 aliphatic heterocycles. The number of amides is 1. The van der Waals surface area contributed by atoms with Gasteiger partial charge in [0, 0.05) is 24.5 Å². The fourth-order valence-corrected chi connectivity index (χ4v) is 2.01. The molecule has 1 aliphatic rings. The fraction of sp³-hybridized carbons (Fsp3) is 0.417. The third-order valence-corrected chi connectivity index (χ3v) is 2.79. The van der Waals surface area contributed by atoms with Crippen LogP contribution in [0.25, 0.3) is 0 Å². The van der Waals surface area contributed by atoms with Gasteiger partial charge in [0.15, 0.2) is 0 Å². The van der Waals surface area contributed by atoms with Crippen molar-refractivity contribution in [1.82, 2.24) is 0 Å². The highest BCUT2D eigenvalue weighted by Gasteiger charge is 2.10. The van der Waals surface area contributed by atoms with Crippen LogP contribution in [-0.4, -0.2) is 19.5 Å². The summed E-state index contributed by atoms with van der Waals surface area (Å²) in [7, 11) is 0. The lowest BCUT2D eigenvalue weighted by Crippen LogP contribution is -2.29. The Morgan fingerprint density at radius 3 is 2.73 bits per heavy atom. The number of rotatable bonds is 3. The van der Waals surface area contributed by atoms with Crippen LogP contribution in [0.5, 0.6) is 0 Å². The summed E-state index contributed by atoms with van der Waals surface area (Å²) >= 11 is 0. The van der Waals surface area contributed by atoms with Crippen LogP contribution in [0, 0.1) is 0 Å². The van der Waals surface area contributed by atoms with E-state index in [2.05, 4.69) is 16.3 Å². The maximum Gasteiger partial charge on any atom is 0.211 e. The Balaban J connectivity index is 2.12. The molecule has 1 amide bonds. The van der Waals surface area contributed by atoms with E-state index in [1.807, 2.05) is 18.2 Å². The second kappa shape index (κ2) is 4.82. The van der Waals surface area contributed by atoms with E-state index in [-0.39, 0.29) is 0 Å². The summed E-state index contributed by atoms with van der Waals surface area (Å²) in [6, 6.07) is 8.01. The molecule has 0 spiro atoms. The topological polar surface area (TPSA) is 32.3 Å². The molecule has 0 radical (unpaired) electrons. The molecule has 1 aromatic carbocycles. The van der Waals surface area contributed by atoms with Crippen LogP contribution in [0.3, 0.4) is 0 Å². The van der Waals surface area contributed by atoms with E-state index >= 15 is 0 Å². The molecule has 0 unspecified atom stereocenters. The zero-order valence-electron chi connectivity index (χ0n) is 8.78. The number of piperidine rings is 1. The van der Waals surface area contributed by atoms with Gasteiger partial charge >= 0.3 is 0 Å². The number of benzene rings is 1. The molecule has 80 valence electrons. The van der Waals surface area contributed by atoms with E-state index in [4.69, 9.17) is 0 Å². The molecule has 0 saturated carbocycles. The molecule has 1 heterocycles. The number of nitrogens with zero attached hydrogens (tertiary/aromatic N) is 1. The van der Waals surface area contributed by atoms with Crippen LogP contribution in [0.4, 0.5) is 11.4 Å². The lowest BCUT2D eigenvalue weighted by molar-refractivity contribution is -0.105. The quantitative estimate of drug-likeness (QED) is 0.766. The van der Waals surface area contributed by atoms with Gasteiger partial charge in [0.1, 0.15) is 0 Å². The molecule has 0 aromatic heterocycles. The largest absolute Gasteiger partial charge is 0.371 e. The van der Waals surface area contributed by atoms with Gasteiger partial charge in [-0.1, -0.05) is 6.07 Å². The first kappa shape index (κ1) is 10.0. The number of carbonyl (C=O) groups is 1. The summed E-state index contributed by atoms with van der Waals surface area (Å²) in [5.41, 5.74) is 2.08. The van der Waals surface area contributed by atoms with Crippen LogP contribution in [0.1, 0.15) is 19.3 Å². The minimum atomic E-state index is 0.718. The van der Waals surface area contributed by atoms with Crippen LogP contribution in [0.15, 0.2) is 24.3 Å². The summed E-state index contributed by atoms with van der Waals surface area (Å²) in [5.74, 6) is 0. The van der Waals surface area contributed by atoms with Crippen molar-refractivity contribution in [3.05, 3.63) is 24.3 Å². The lowest BCUT2D eigenvalue weighted by Gasteiger charge is -2.29. The fourth-order valence-electron chi connectivity index (χ4n) is 2.01. The second-order valence-corrected chi connectivity index (χ2v) is 3.86. The smallest absolute Gasteiger partial charge is 0.211 e. The maximum absolute atomic E-state index is 10.3. The molecular weight excluding hydrogens is 188 g/mol. The number of nitrogens with one attached hydrogen (secondary N) is 1. The van der Waals surface area contributed by atoms with E-state index in [0.29, 0.717) is 0 Å². The van der Waals surface area contributed by atoms with Crippen molar-refractivity contribution in [2.75, 3.05) is 23.3 Å². The molecular formula is C12H16N2O. The summed E-state index contributed by atoms with van der Waals surface area (Å²) in [5, 5.41) is 2.68. The van der Waals surface area contributed by atoms with E-state index < -0.39 is 0 Å². The number of hydrogen-bond donors (Lipinski definition) is 1. The van der Waals surface area contributed by atoms with Crippen LogP contribution >= 0.6 is 0 Å². The number of carbonyl (C=O) groups excluding carboxylic acids is 1. The number of anilines is 2. The predicted molar refractivity (Wildman–Crippen MR) is 62.2 cm³/mol. The summed E-state index contributed by atoms with van der Waals surface area (Å²) in [4.78, 5) is 12.7. The Bertz CT molecular complexity index is 332. The Morgan fingerprint density at radius 1 is 1.20 bits per heavy atom. The van der Waals surface area contributed by atoms with Gasteiger partial charge in [-0.25, -0.2) is 0 Å². The molecule has 1 saturated heterocycles. The highest BCUT2D eigenvalue weighted by molar-refractivity contribution is 5.73. The van der Waals surface area contributed by atoms with Crippen molar-refractivity contribution in [3.63, 3.8) is 0 Å². The highest BCUT2D eigenvalue weighted by Crippen LogP contribution is 2.22. The van der Waals surface area contributed by atoms with Crippen molar-refractivity contribution in [1.29, 1.82) is 0 Å². The Labute approximate surface area is 90.1 Å². The Morgan fingerprint density at radius 2 is 2.00 bits per heavy atom. The molecule has 0 atom stereocenters. The molecule has 2 rings (SSSR count). The Kier molecular flexibility index (Phi) is 3.22. The van der Waals surface area contributed by atoms with Crippen molar-refractivity contribution in [3.8, 4) is 0 Å². The number of hydrogen-bond acceptors (Lipinski definition) is 2. The van der Waals surface area contributed by atoms with Gasteiger partial charge in [-0.15, -0.1) is 0 Å². The molecule has 0 bridgehead atoms. The SMILES string of the molecule is O=CNc1cccc(N2CCCCC2)c1. The van der Waals surface area contributed by atoms with E-state index in [1.54, 1.807) is 0 Å². The Hall–Kier alpha value is -1.51. The van der Waals surface area contributed by atoms with Crippen LogP contribution in [0.2, 0.25) is 0 Å². The molecule has 1 aromatic rings. The van der Waals surface area contributed by atoms with Gasteiger partial charge in [0.05, 0.1) is 0 Å². The van der Waals surface area contributed by atoms with E-state index in [0.717, 1.165) is 25.2 Å². The van der Waals surface area contributed by atoms with Crippen molar-refractivity contribution in [2.24, 2.45) is 0 Å². The highest BCUT2D eigenvalue weighted by atomic mass is 16.1. The third-order valence-electron chi connectivity index (χ3n) is 2.79. The van der Waals surface area contributed by atoms with Gasteiger partial charge in [0.25, 0.3) is 0 Å². The maximum atomic E-state index is 10.3. The summed E-state index contributed by atoms with van der Waals surface area (Å²) in [6.45, 7) is 2.26. The molecule has 1 N–H and O–H groups in total. The van der Waals surface area contributed by atoms with E-state index in [1.165, 1.54) is 24.9 Å². The van der Waals surface area contributed by atoms with Crippen LogP contribution in [-0.2, 0) is 4.79 Å². The molecule has 3 heteroatoms. The van der Waals surface area contributed by atoms with Crippen molar-refractivity contribution in [2.45, 2.75) is 19.3 Å². The predicted octanol–water partition coefficient (Wildman–Crippen LogP) is 2.25. The molecule has 1 fully saturated rings. The first-order valence-electron chi connectivity index (χ1n) is 5.45. The van der Waals surface area contributed by atoms with Gasteiger partial charge < -0.3 is 10.2 Å². The monoisotopic (exact) mass is 204 g/mol. The van der Waals surface area contributed by atoms with Gasteiger partial charge in [-0.3, -0.25) is 4.79 Å². The van der Waals surface area contributed by atoms with Gasteiger partial charge in [0.2, 0.25) is 6.41 Å². The average molecular weight is 204 g/mol. The molecule has 3 nitrogen and oxygen atoms in total. The minimum Gasteiger partial charge on any atom is -0.371 e. The van der Waals surface area contributed by atoms with Gasteiger partial charge in [-0.2, -0.15) is 0 Å².